The first kappa shape index (κ1) is 10.9. The van der Waals surface area contributed by atoms with Gasteiger partial charge in [-0.2, -0.15) is 0 Å². The molecule has 1 aromatic carbocycles. The Kier molecular flexibility index (Phi) is 3.37. The molecule has 84 valence electrons. The van der Waals surface area contributed by atoms with E-state index >= 15 is 0 Å². The number of hydrogen-bond acceptors (Lipinski definition) is 2. The summed E-state index contributed by atoms with van der Waals surface area (Å²) < 4.78 is 2.03. The molecule has 1 unspecified atom stereocenters. The minimum absolute atomic E-state index is 0.358. The quantitative estimate of drug-likeness (QED) is 0.848. The molecule has 0 saturated carbocycles. The van der Waals surface area contributed by atoms with Gasteiger partial charge in [-0.25, -0.2) is 4.98 Å². The van der Waals surface area contributed by atoms with E-state index in [1.54, 1.807) is 0 Å². The number of aryl methyl sites for hydroxylation is 1. The number of rotatable bonds is 4. The first-order valence-corrected chi connectivity index (χ1v) is 5.51. The van der Waals surface area contributed by atoms with Crippen LogP contribution in [0.15, 0.2) is 42.9 Å². The molecule has 1 aromatic heterocycles. The van der Waals surface area contributed by atoms with Crippen molar-refractivity contribution >= 4 is 0 Å². The molecule has 2 aromatic rings. The first-order valence-electron chi connectivity index (χ1n) is 5.51. The maximum absolute atomic E-state index is 4.10. The van der Waals surface area contributed by atoms with Crippen molar-refractivity contribution in [2.45, 2.75) is 19.5 Å². The molecule has 0 spiro atoms. The van der Waals surface area contributed by atoms with Crippen LogP contribution in [0, 0.1) is 0 Å². The molecule has 0 saturated heterocycles. The van der Waals surface area contributed by atoms with Gasteiger partial charge < -0.3 is 9.88 Å². The summed E-state index contributed by atoms with van der Waals surface area (Å²) in [6.45, 7) is 3.01. The standard InChI is InChI=1S/C13H17N3/c1-11(12-6-4-3-5-7-12)15-9-13-8-14-10-16(13)2/h3-8,10-11,15H,9H2,1-2H3. The fraction of sp³-hybridized carbons (Fsp3) is 0.308. The summed E-state index contributed by atoms with van der Waals surface area (Å²) in [7, 11) is 2.01. The van der Waals surface area contributed by atoms with Gasteiger partial charge in [0.25, 0.3) is 0 Å². The summed E-state index contributed by atoms with van der Waals surface area (Å²) in [6, 6.07) is 10.8. The SMILES string of the molecule is CC(NCc1cncn1C)c1ccccc1. The van der Waals surface area contributed by atoms with E-state index in [0.717, 1.165) is 6.54 Å². The average Bonchev–Trinajstić information content (AvgIpc) is 2.73. The third-order valence-electron chi connectivity index (χ3n) is 2.81. The summed E-state index contributed by atoms with van der Waals surface area (Å²) in [5.74, 6) is 0. The summed E-state index contributed by atoms with van der Waals surface area (Å²) in [6.07, 6.45) is 3.72. The van der Waals surface area contributed by atoms with Crippen LogP contribution >= 0.6 is 0 Å². The van der Waals surface area contributed by atoms with E-state index < -0.39 is 0 Å². The molecule has 0 aliphatic heterocycles. The highest BCUT2D eigenvalue weighted by Gasteiger charge is 2.05. The molecule has 3 nitrogen and oxygen atoms in total. The number of nitrogens with zero attached hydrogens (tertiary/aromatic N) is 2. The summed E-state index contributed by atoms with van der Waals surface area (Å²) in [5, 5.41) is 3.48. The predicted molar refractivity (Wildman–Crippen MR) is 64.9 cm³/mol. The van der Waals surface area contributed by atoms with Crippen LogP contribution in [0.2, 0.25) is 0 Å². The van der Waals surface area contributed by atoms with Crippen LogP contribution in [0.5, 0.6) is 0 Å². The Bertz CT molecular complexity index is 433. The van der Waals surface area contributed by atoms with Crippen molar-refractivity contribution in [2.24, 2.45) is 7.05 Å². The number of imidazole rings is 1. The fourth-order valence-corrected chi connectivity index (χ4v) is 1.67. The lowest BCUT2D eigenvalue weighted by Gasteiger charge is -2.14. The molecular formula is C13H17N3. The van der Waals surface area contributed by atoms with Crippen LogP contribution in [-0.2, 0) is 13.6 Å². The van der Waals surface area contributed by atoms with E-state index in [1.807, 2.05) is 30.2 Å². The number of aromatic nitrogens is 2. The Morgan fingerprint density at radius 3 is 2.69 bits per heavy atom. The maximum Gasteiger partial charge on any atom is 0.0945 e. The van der Waals surface area contributed by atoms with Crippen LogP contribution in [0.4, 0.5) is 0 Å². The zero-order valence-corrected chi connectivity index (χ0v) is 9.72. The molecule has 1 N–H and O–H groups in total. The normalized spacial score (nSPS) is 12.6. The Labute approximate surface area is 96.1 Å². The van der Waals surface area contributed by atoms with Crippen LogP contribution in [-0.4, -0.2) is 9.55 Å². The van der Waals surface area contributed by atoms with Gasteiger partial charge in [0.05, 0.1) is 12.0 Å². The van der Waals surface area contributed by atoms with Crippen molar-refractivity contribution in [3.8, 4) is 0 Å². The number of hydrogen-bond donors (Lipinski definition) is 1. The molecule has 3 heteroatoms. The van der Waals surface area contributed by atoms with Gasteiger partial charge in [0.2, 0.25) is 0 Å². The minimum atomic E-state index is 0.358. The third kappa shape index (κ3) is 2.49. The first-order chi connectivity index (χ1) is 7.77. The van der Waals surface area contributed by atoms with E-state index in [-0.39, 0.29) is 0 Å². The lowest BCUT2D eigenvalue weighted by atomic mass is 10.1. The van der Waals surface area contributed by atoms with Crippen LogP contribution in [0.1, 0.15) is 24.2 Å². The van der Waals surface area contributed by atoms with E-state index in [2.05, 4.69) is 41.5 Å². The van der Waals surface area contributed by atoms with Gasteiger partial charge in [0.1, 0.15) is 0 Å². The molecule has 0 radical (unpaired) electrons. The van der Waals surface area contributed by atoms with Crippen molar-refractivity contribution in [2.75, 3.05) is 0 Å². The van der Waals surface area contributed by atoms with Crippen molar-refractivity contribution in [1.82, 2.24) is 14.9 Å². The second-order valence-corrected chi connectivity index (χ2v) is 4.01. The van der Waals surface area contributed by atoms with Crippen molar-refractivity contribution < 1.29 is 0 Å². The van der Waals surface area contributed by atoms with Gasteiger partial charge in [-0.1, -0.05) is 30.3 Å². The highest BCUT2D eigenvalue weighted by Crippen LogP contribution is 2.11. The third-order valence-corrected chi connectivity index (χ3v) is 2.81. The molecule has 2 rings (SSSR count). The van der Waals surface area contributed by atoms with Gasteiger partial charge in [-0.3, -0.25) is 0 Å². The second-order valence-electron chi connectivity index (χ2n) is 4.01. The van der Waals surface area contributed by atoms with Gasteiger partial charge in [-0.15, -0.1) is 0 Å². The molecule has 16 heavy (non-hydrogen) atoms. The van der Waals surface area contributed by atoms with Crippen molar-refractivity contribution in [3.05, 3.63) is 54.1 Å². The fourth-order valence-electron chi connectivity index (χ4n) is 1.67. The van der Waals surface area contributed by atoms with Gasteiger partial charge in [-0.05, 0) is 12.5 Å². The lowest BCUT2D eigenvalue weighted by Crippen LogP contribution is -2.19. The Hall–Kier alpha value is -1.61. The molecule has 0 bridgehead atoms. The minimum Gasteiger partial charge on any atom is -0.337 e. The Balaban J connectivity index is 1.94. The summed E-state index contributed by atoms with van der Waals surface area (Å²) in [4.78, 5) is 4.10. The zero-order chi connectivity index (χ0) is 11.4. The second kappa shape index (κ2) is 4.94. The van der Waals surface area contributed by atoms with Crippen LogP contribution in [0.3, 0.4) is 0 Å². The highest BCUT2D eigenvalue weighted by atomic mass is 15.0. The predicted octanol–water partition coefficient (Wildman–Crippen LogP) is 2.27. The molecule has 0 amide bonds. The average molecular weight is 215 g/mol. The highest BCUT2D eigenvalue weighted by molar-refractivity contribution is 5.18. The van der Waals surface area contributed by atoms with E-state index in [0.29, 0.717) is 6.04 Å². The number of nitrogens with one attached hydrogen (secondary N) is 1. The molecule has 0 aliphatic rings. The van der Waals surface area contributed by atoms with Crippen LogP contribution in [0.25, 0.3) is 0 Å². The summed E-state index contributed by atoms with van der Waals surface area (Å²) >= 11 is 0. The van der Waals surface area contributed by atoms with Gasteiger partial charge in [0, 0.05) is 25.8 Å². The van der Waals surface area contributed by atoms with E-state index in [9.17, 15) is 0 Å². The monoisotopic (exact) mass is 215 g/mol. The van der Waals surface area contributed by atoms with E-state index in [4.69, 9.17) is 0 Å². The smallest absolute Gasteiger partial charge is 0.0945 e. The molecule has 0 aliphatic carbocycles. The molecule has 1 atom stereocenters. The van der Waals surface area contributed by atoms with Gasteiger partial charge in [0.15, 0.2) is 0 Å². The largest absolute Gasteiger partial charge is 0.337 e. The number of benzene rings is 1. The zero-order valence-electron chi connectivity index (χ0n) is 9.72. The van der Waals surface area contributed by atoms with Gasteiger partial charge >= 0.3 is 0 Å². The molecule has 0 fully saturated rings. The van der Waals surface area contributed by atoms with Crippen molar-refractivity contribution in [1.29, 1.82) is 0 Å². The molecule has 1 heterocycles. The maximum atomic E-state index is 4.10. The summed E-state index contributed by atoms with van der Waals surface area (Å²) in [5.41, 5.74) is 2.51. The Morgan fingerprint density at radius 1 is 1.31 bits per heavy atom. The van der Waals surface area contributed by atoms with E-state index in [1.165, 1.54) is 11.3 Å². The van der Waals surface area contributed by atoms with Crippen molar-refractivity contribution in [3.63, 3.8) is 0 Å². The topological polar surface area (TPSA) is 29.9 Å². The lowest BCUT2D eigenvalue weighted by molar-refractivity contribution is 0.558. The Morgan fingerprint density at radius 2 is 2.06 bits per heavy atom. The van der Waals surface area contributed by atoms with Crippen LogP contribution < -0.4 is 5.32 Å². The molecular weight excluding hydrogens is 198 g/mol.